The van der Waals surface area contributed by atoms with Gasteiger partial charge in [-0.2, -0.15) is 0 Å². The van der Waals surface area contributed by atoms with Crippen molar-refractivity contribution in [3.8, 4) is 0 Å². The summed E-state index contributed by atoms with van der Waals surface area (Å²) in [4.78, 5) is 22.1. The molecule has 0 aliphatic rings. The fourth-order valence-electron chi connectivity index (χ4n) is 1.50. The first-order valence-electron chi connectivity index (χ1n) is 6.11. The van der Waals surface area contributed by atoms with E-state index in [1.807, 2.05) is 0 Å². The molecule has 0 saturated heterocycles. The molecule has 0 fully saturated rings. The first-order valence-corrected chi connectivity index (χ1v) is 6.48. The van der Waals surface area contributed by atoms with Gasteiger partial charge < -0.3 is 10.6 Å². The Hall–Kier alpha value is -2.25. The third-order valence-corrected chi connectivity index (χ3v) is 2.94. The first-order chi connectivity index (χ1) is 10.1. The van der Waals surface area contributed by atoms with Crippen LogP contribution in [-0.2, 0) is 4.79 Å². The summed E-state index contributed by atoms with van der Waals surface area (Å²) < 4.78 is 13.4. The average Bonchev–Trinajstić information content (AvgIpc) is 2.50. The Morgan fingerprint density at radius 2 is 2.00 bits per heavy atom. The van der Waals surface area contributed by atoms with Gasteiger partial charge in [-0.25, -0.2) is 19.2 Å². The minimum absolute atomic E-state index is 0.294. The standard InChI is InChI=1S/C13H13ClFN5O/c1-8(20-14)12(21)18-10-4-3-9(15)7-11(10)19-13-16-5-2-6-17-13/h2-8,20H,1H3,(H,18,21)(H,16,17,19). The van der Waals surface area contributed by atoms with Crippen LogP contribution in [0.25, 0.3) is 0 Å². The molecule has 1 aromatic heterocycles. The second kappa shape index (κ2) is 6.96. The monoisotopic (exact) mass is 309 g/mol. The largest absolute Gasteiger partial charge is 0.323 e. The third kappa shape index (κ3) is 4.11. The molecule has 0 bridgehead atoms. The van der Waals surface area contributed by atoms with Crippen LogP contribution in [0, 0.1) is 5.82 Å². The summed E-state index contributed by atoms with van der Waals surface area (Å²) >= 11 is 5.40. The molecule has 2 rings (SSSR count). The van der Waals surface area contributed by atoms with Crippen LogP contribution in [0.3, 0.4) is 0 Å². The van der Waals surface area contributed by atoms with Gasteiger partial charge in [-0.1, -0.05) is 0 Å². The Kier molecular flexibility index (Phi) is 5.02. The van der Waals surface area contributed by atoms with Crippen LogP contribution < -0.4 is 15.5 Å². The van der Waals surface area contributed by atoms with Gasteiger partial charge in [-0.05, 0) is 43.0 Å². The maximum absolute atomic E-state index is 13.4. The Labute approximate surface area is 125 Å². The zero-order valence-corrected chi connectivity index (χ0v) is 11.9. The predicted octanol–water partition coefficient (Wildman–Crippen LogP) is 2.43. The summed E-state index contributed by atoms with van der Waals surface area (Å²) in [6, 6.07) is 4.99. The van der Waals surface area contributed by atoms with Crippen molar-refractivity contribution in [2.24, 2.45) is 0 Å². The second-order valence-corrected chi connectivity index (χ2v) is 4.43. The molecule has 110 valence electrons. The molecule has 0 spiro atoms. The van der Waals surface area contributed by atoms with E-state index in [1.165, 1.54) is 18.2 Å². The smallest absolute Gasteiger partial charge is 0.242 e. The molecular formula is C13H13ClFN5O. The van der Waals surface area contributed by atoms with Gasteiger partial charge in [0, 0.05) is 12.4 Å². The van der Waals surface area contributed by atoms with Gasteiger partial charge in [0.25, 0.3) is 0 Å². The molecule has 0 aliphatic heterocycles. The van der Waals surface area contributed by atoms with E-state index in [0.717, 1.165) is 0 Å². The molecule has 8 heteroatoms. The van der Waals surface area contributed by atoms with Crippen molar-refractivity contribution in [1.29, 1.82) is 0 Å². The van der Waals surface area contributed by atoms with E-state index in [-0.39, 0.29) is 5.91 Å². The quantitative estimate of drug-likeness (QED) is 0.739. The Balaban J connectivity index is 2.23. The van der Waals surface area contributed by atoms with Crippen molar-refractivity contribution in [3.63, 3.8) is 0 Å². The highest BCUT2D eigenvalue weighted by Gasteiger charge is 2.14. The Bertz CT molecular complexity index is 625. The maximum atomic E-state index is 13.4. The Morgan fingerprint density at radius 3 is 2.67 bits per heavy atom. The summed E-state index contributed by atoms with van der Waals surface area (Å²) in [5.41, 5.74) is 0.740. The highest BCUT2D eigenvalue weighted by molar-refractivity contribution is 6.15. The predicted molar refractivity (Wildman–Crippen MR) is 78.8 cm³/mol. The lowest BCUT2D eigenvalue weighted by atomic mass is 10.2. The third-order valence-electron chi connectivity index (χ3n) is 2.61. The molecule has 2 aromatic rings. The van der Waals surface area contributed by atoms with Crippen molar-refractivity contribution < 1.29 is 9.18 Å². The van der Waals surface area contributed by atoms with E-state index in [1.54, 1.807) is 25.4 Å². The van der Waals surface area contributed by atoms with Crippen LogP contribution in [-0.4, -0.2) is 21.9 Å². The van der Waals surface area contributed by atoms with E-state index >= 15 is 0 Å². The van der Waals surface area contributed by atoms with Gasteiger partial charge in [0.05, 0.1) is 17.4 Å². The van der Waals surface area contributed by atoms with E-state index in [0.29, 0.717) is 17.3 Å². The van der Waals surface area contributed by atoms with Gasteiger partial charge in [0.1, 0.15) is 5.82 Å². The summed E-state index contributed by atoms with van der Waals surface area (Å²) in [6.45, 7) is 1.60. The van der Waals surface area contributed by atoms with Gasteiger partial charge in [-0.15, -0.1) is 0 Å². The minimum Gasteiger partial charge on any atom is -0.323 e. The van der Waals surface area contributed by atoms with Gasteiger partial charge in [0.2, 0.25) is 11.9 Å². The topological polar surface area (TPSA) is 78.9 Å². The molecule has 1 unspecified atom stereocenters. The van der Waals surface area contributed by atoms with Crippen LogP contribution in [0.15, 0.2) is 36.7 Å². The number of hydrogen-bond donors (Lipinski definition) is 3. The van der Waals surface area contributed by atoms with Crippen molar-refractivity contribution in [3.05, 3.63) is 42.5 Å². The lowest BCUT2D eigenvalue weighted by Crippen LogP contribution is -2.33. The van der Waals surface area contributed by atoms with Gasteiger partial charge >= 0.3 is 0 Å². The fourth-order valence-corrected chi connectivity index (χ4v) is 1.60. The number of carbonyl (C=O) groups excluding carboxylic acids is 1. The van der Waals surface area contributed by atoms with Crippen molar-refractivity contribution in [1.82, 2.24) is 14.8 Å². The normalized spacial score (nSPS) is 11.8. The number of halogens is 2. The average molecular weight is 310 g/mol. The molecule has 0 saturated carbocycles. The summed E-state index contributed by atoms with van der Waals surface area (Å²) in [6.07, 6.45) is 3.10. The number of nitrogens with one attached hydrogen (secondary N) is 3. The molecule has 0 aliphatic carbocycles. The minimum atomic E-state index is -0.599. The number of nitrogens with zero attached hydrogens (tertiary/aromatic N) is 2. The van der Waals surface area contributed by atoms with Crippen LogP contribution >= 0.6 is 11.8 Å². The zero-order valence-electron chi connectivity index (χ0n) is 11.1. The van der Waals surface area contributed by atoms with Crippen LogP contribution in [0.1, 0.15) is 6.92 Å². The SMILES string of the molecule is CC(NCl)C(=O)Nc1ccc(F)cc1Nc1ncccn1. The van der Waals surface area contributed by atoms with Crippen LogP contribution in [0.2, 0.25) is 0 Å². The number of aromatic nitrogens is 2. The Morgan fingerprint density at radius 1 is 1.29 bits per heavy atom. The highest BCUT2D eigenvalue weighted by Crippen LogP contribution is 2.25. The molecular weight excluding hydrogens is 297 g/mol. The highest BCUT2D eigenvalue weighted by atomic mass is 35.5. The number of anilines is 3. The summed E-state index contributed by atoms with van der Waals surface area (Å²) in [5, 5.41) is 5.48. The van der Waals surface area contributed by atoms with Crippen LogP contribution in [0.4, 0.5) is 21.7 Å². The number of amides is 1. The lowest BCUT2D eigenvalue weighted by Gasteiger charge is -2.14. The van der Waals surface area contributed by atoms with Gasteiger partial charge in [0.15, 0.2) is 0 Å². The van der Waals surface area contributed by atoms with Crippen molar-refractivity contribution in [2.75, 3.05) is 10.6 Å². The maximum Gasteiger partial charge on any atom is 0.242 e. The molecule has 1 aromatic carbocycles. The van der Waals surface area contributed by atoms with E-state index in [9.17, 15) is 9.18 Å². The van der Waals surface area contributed by atoms with E-state index < -0.39 is 11.9 Å². The molecule has 1 atom stereocenters. The number of hydrogen-bond acceptors (Lipinski definition) is 5. The van der Waals surface area contributed by atoms with Gasteiger partial charge in [-0.3, -0.25) is 4.79 Å². The van der Waals surface area contributed by atoms with E-state index in [4.69, 9.17) is 11.8 Å². The van der Waals surface area contributed by atoms with Crippen LogP contribution in [0.5, 0.6) is 0 Å². The van der Waals surface area contributed by atoms with Crippen molar-refractivity contribution in [2.45, 2.75) is 13.0 Å². The zero-order chi connectivity index (χ0) is 15.2. The van der Waals surface area contributed by atoms with Crippen molar-refractivity contribution >= 4 is 35.0 Å². The summed E-state index contributed by atoms with van der Waals surface area (Å²) in [5.74, 6) is -0.509. The molecule has 1 heterocycles. The molecule has 0 radical (unpaired) electrons. The first kappa shape index (κ1) is 15.1. The molecule has 21 heavy (non-hydrogen) atoms. The summed E-state index contributed by atoms with van der Waals surface area (Å²) in [7, 11) is 0. The lowest BCUT2D eigenvalue weighted by molar-refractivity contribution is -0.117. The molecule has 3 N–H and O–H groups in total. The number of carbonyl (C=O) groups is 1. The number of rotatable bonds is 5. The number of benzene rings is 1. The van der Waals surface area contributed by atoms with E-state index in [2.05, 4.69) is 25.4 Å². The second-order valence-electron chi connectivity index (χ2n) is 4.21. The molecule has 1 amide bonds. The molecule has 6 nitrogen and oxygen atoms in total. The fraction of sp³-hybridized carbons (Fsp3) is 0.154.